The molecule has 1 rings (SSSR count). The number of hydrogen-bond donors (Lipinski definition) is 4. The molecule has 1 aromatic rings. The van der Waals surface area contributed by atoms with Gasteiger partial charge in [-0.1, -0.05) is 69.9 Å². The third kappa shape index (κ3) is 17.4. The van der Waals surface area contributed by atoms with Crippen molar-refractivity contribution < 1.29 is 28.1 Å². The molecular formula is C21H40N6O6S. The van der Waals surface area contributed by atoms with Crippen LogP contribution in [0.1, 0.15) is 83.4 Å². The number of nitrogens with zero attached hydrogens (tertiary/aromatic N) is 2. The van der Waals surface area contributed by atoms with Gasteiger partial charge in [-0.25, -0.2) is 20.5 Å². The Morgan fingerprint density at radius 2 is 1.65 bits per heavy atom. The number of rotatable bonds is 22. The summed E-state index contributed by atoms with van der Waals surface area (Å²) in [5.74, 6) is -0.268. The van der Waals surface area contributed by atoms with E-state index in [0.29, 0.717) is 25.4 Å². The predicted octanol–water partition coefficient (Wildman–Crippen LogP) is 3.82. The summed E-state index contributed by atoms with van der Waals surface area (Å²) in [6, 6.07) is -0.487. The van der Waals surface area contributed by atoms with Gasteiger partial charge in [0.05, 0.1) is 13.5 Å². The third-order valence-electron chi connectivity index (χ3n) is 4.72. The van der Waals surface area contributed by atoms with Gasteiger partial charge in [-0.05, 0) is 12.8 Å². The van der Waals surface area contributed by atoms with Crippen LogP contribution in [0.5, 0.6) is 0 Å². The average molecular weight is 505 g/mol. The number of urea groups is 1. The minimum absolute atomic E-state index is 0.0430. The van der Waals surface area contributed by atoms with Gasteiger partial charge in [0.15, 0.2) is 18.1 Å². The zero-order valence-corrected chi connectivity index (χ0v) is 21.2. The number of nitrogens with one attached hydrogen (secondary N) is 4. The molecule has 0 saturated heterocycles. The number of ether oxygens (including phenoxy) is 1. The van der Waals surface area contributed by atoms with Gasteiger partial charge in [-0.3, -0.25) is 9.52 Å². The summed E-state index contributed by atoms with van der Waals surface area (Å²) in [4.78, 5) is 31.6. The Morgan fingerprint density at radius 3 is 2.35 bits per heavy atom. The van der Waals surface area contributed by atoms with E-state index in [0.717, 1.165) is 19.4 Å². The summed E-state index contributed by atoms with van der Waals surface area (Å²) in [7, 11) is 1.31. The minimum atomic E-state index is -0.444. The second kappa shape index (κ2) is 21.4. The van der Waals surface area contributed by atoms with Crippen LogP contribution < -0.4 is 20.9 Å². The Kier molecular flexibility index (Phi) is 18.9. The highest BCUT2D eigenvalue weighted by molar-refractivity contribution is 7.93. The molecule has 0 atom stereocenters. The van der Waals surface area contributed by atoms with Crippen molar-refractivity contribution in [1.82, 2.24) is 25.6 Å². The van der Waals surface area contributed by atoms with Crippen LogP contribution in [0.15, 0.2) is 4.52 Å². The molecule has 0 aliphatic carbocycles. The van der Waals surface area contributed by atoms with Gasteiger partial charge in [0.25, 0.3) is 0 Å². The highest BCUT2D eigenvalue weighted by Crippen LogP contribution is 2.10. The molecule has 4 N–H and O–H groups in total. The van der Waals surface area contributed by atoms with E-state index in [2.05, 4.69) is 47.2 Å². The molecule has 0 spiro atoms. The number of hydrogen-bond acceptors (Lipinski definition) is 10. The normalized spacial score (nSPS) is 10.8. The molecule has 1 aromatic heterocycles. The zero-order valence-electron chi connectivity index (χ0n) is 20.4. The molecule has 0 aliphatic heterocycles. The van der Waals surface area contributed by atoms with Crippen molar-refractivity contribution in [2.24, 2.45) is 0 Å². The van der Waals surface area contributed by atoms with E-state index in [1.807, 2.05) is 0 Å². The van der Waals surface area contributed by atoms with Crippen molar-refractivity contribution in [3.63, 3.8) is 0 Å². The number of anilines is 1. The van der Waals surface area contributed by atoms with Crippen LogP contribution in [0.3, 0.4) is 0 Å². The summed E-state index contributed by atoms with van der Waals surface area (Å²) in [5, 5.41) is 6.32. The van der Waals surface area contributed by atoms with Crippen LogP contribution in [0.25, 0.3) is 0 Å². The summed E-state index contributed by atoms with van der Waals surface area (Å²) < 4.78 is 17.3. The molecule has 0 saturated carbocycles. The Hall–Kier alpha value is -2.09. The van der Waals surface area contributed by atoms with Gasteiger partial charge in [-0.2, -0.15) is 4.98 Å². The first kappa shape index (κ1) is 29.9. The molecule has 0 bridgehead atoms. The van der Waals surface area contributed by atoms with Crippen molar-refractivity contribution in [2.75, 3.05) is 32.3 Å². The molecule has 0 radical (unpaired) electrons. The lowest BCUT2D eigenvalue weighted by Crippen LogP contribution is -2.39. The SMILES string of the molecule is CCCCCCCCCCCCOCCCNC(=O)NNc1nc(CC(=O)NSOOC)no1. The lowest BCUT2D eigenvalue weighted by molar-refractivity contribution is -0.161. The lowest BCUT2D eigenvalue weighted by atomic mass is 10.1. The summed E-state index contributed by atoms with van der Waals surface area (Å²) in [6.07, 6.45) is 13.6. The molecule has 1 heterocycles. The van der Waals surface area contributed by atoms with E-state index in [-0.39, 0.29) is 18.3 Å². The number of carbonyl (C=O) groups is 2. The molecule has 12 nitrogen and oxygen atoms in total. The van der Waals surface area contributed by atoms with Gasteiger partial charge in [0, 0.05) is 19.8 Å². The van der Waals surface area contributed by atoms with Gasteiger partial charge in [0.2, 0.25) is 5.91 Å². The maximum atomic E-state index is 11.8. The van der Waals surface area contributed by atoms with Gasteiger partial charge >= 0.3 is 12.0 Å². The fourth-order valence-electron chi connectivity index (χ4n) is 2.98. The third-order valence-corrected chi connectivity index (χ3v) is 5.24. The minimum Gasteiger partial charge on any atom is -0.381 e. The van der Waals surface area contributed by atoms with Crippen LogP contribution in [-0.4, -0.2) is 48.9 Å². The highest BCUT2D eigenvalue weighted by Gasteiger charge is 2.12. The summed E-state index contributed by atoms with van der Waals surface area (Å²) in [6.45, 7) is 4.09. The van der Waals surface area contributed by atoms with Crippen LogP contribution in [0.4, 0.5) is 10.8 Å². The molecule has 3 amide bonds. The monoisotopic (exact) mass is 504 g/mol. The number of aromatic nitrogens is 2. The molecule has 0 aromatic carbocycles. The number of carbonyl (C=O) groups excluding carboxylic acids is 2. The van der Waals surface area contributed by atoms with E-state index in [1.165, 1.54) is 64.9 Å². The molecule has 13 heteroatoms. The molecule has 34 heavy (non-hydrogen) atoms. The molecule has 0 unspecified atom stereocenters. The Balaban J connectivity index is 1.91. The Bertz CT molecular complexity index is 651. The van der Waals surface area contributed by atoms with Crippen LogP contribution >= 0.6 is 12.2 Å². The smallest absolute Gasteiger partial charge is 0.340 e. The van der Waals surface area contributed by atoms with Crippen LogP contribution in [0.2, 0.25) is 0 Å². The fourth-order valence-corrected chi connectivity index (χ4v) is 3.25. The van der Waals surface area contributed by atoms with Gasteiger partial charge in [-0.15, -0.1) is 4.33 Å². The van der Waals surface area contributed by atoms with Gasteiger partial charge in [0.1, 0.15) is 0 Å². The summed E-state index contributed by atoms with van der Waals surface area (Å²) >= 11 is 0.624. The molecule has 0 aliphatic rings. The maximum Gasteiger partial charge on any atom is 0.340 e. The van der Waals surface area contributed by atoms with E-state index in [9.17, 15) is 9.59 Å². The second-order valence-corrected chi connectivity index (χ2v) is 8.20. The van der Waals surface area contributed by atoms with E-state index < -0.39 is 11.9 Å². The fraction of sp³-hybridized carbons (Fsp3) is 0.810. The number of hydrazine groups is 1. The van der Waals surface area contributed by atoms with Crippen LogP contribution in [-0.2, 0) is 25.2 Å². The highest BCUT2D eigenvalue weighted by atomic mass is 32.2. The molecule has 0 fully saturated rings. The first-order valence-electron chi connectivity index (χ1n) is 12.0. The number of amides is 3. The predicted molar refractivity (Wildman–Crippen MR) is 129 cm³/mol. The lowest BCUT2D eigenvalue weighted by Gasteiger charge is -2.07. The largest absolute Gasteiger partial charge is 0.381 e. The Morgan fingerprint density at radius 1 is 0.971 bits per heavy atom. The zero-order chi connectivity index (χ0) is 24.7. The second-order valence-electron chi connectivity index (χ2n) is 7.69. The van der Waals surface area contributed by atoms with Crippen molar-refractivity contribution in [1.29, 1.82) is 0 Å². The molecule has 196 valence electrons. The summed E-state index contributed by atoms with van der Waals surface area (Å²) in [5.41, 5.74) is 4.86. The topological polar surface area (TPSA) is 149 Å². The standard InChI is InChI=1S/C21H40N6O6S/c1-3-4-5-6-7-8-9-10-11-12-15-31-16-13-14-22-20(29)24-25-21-23-18(26-32-21)17-19(28)27-34-33-30-2/h3-17H2,1-2H3,(H,27,28)(H2,22,24,29)(H,23,25,26). The number of unbranched alkanes of at least 4 members (excludes halogenated alkanes) is 9. The van der Waals surface area contributed by atoms with Crippen LogP contribution in [0, 0.1) is 0 Å². The van der Waals surface area contributed by atoms with Crippen molar-refractivity contribution in [2.45, 2.75) is 84.0 Å². The van der Waals surface area contributed by atoms with E-state index >= 15 is 0 Å². The Labute approximate surface area is 206 Å². The van der Waals surface area contributed by atoms with Crippen molar-refractivity contribution >= 4 is 30.2 Å². The maximum absolute atomic E-state index is 11.8. The van der Waals surface area contributed by atoms with E-state index in [1.54, 1.807) is 0 Å². The average Bonchev–Trinajstić information content (AvgIpc) is 3.27. The van der Waals surface area contributed by atoms with Crippen molar-refractivity contribution in [3.05, 3.63) is 5.82 Å². The van der Waals surface area contributed by atoms with Gasteiger partial charge < -0.3 is 14.6 Å². The first-order chi connectivity index (χ1) is 16.7. The van der Waals surface area contributed by atoms with Crippen molar-refractivity contribution in [3.8, 4) is 0 Å². The quantitative estimate of drug-likeness (QED) is 0.0603. The first-order valence-corrected chi connectivity index (χ1v) is 12.7. The van der Waals surface area contributed by atoms with E-state index in [4.69, 9.17) is 9.26 Å². The molecular weight excluding hydrogens is 464 g/mol.